The van der Waals surface area contributed by atoms with E-state index in [-0.39, 0.29) is 0 Å². The van der Waals surface area contributed by atoms with Crippen LogP contribution in [0, 0.1) is 7.11 Å². The van der Waals surface area contributed by atoms with Gasteiger partial charge in [0, 0.05) is 0 Å². The van der Waals surface area contributed by atoms with Gasteiger partial charge >= 0.3 is 29.2 Å². The van der Waals surface area contributed by atoms with E-state index in [0.29, 0.717) is 0 Å². The summed E-state index contributed by atoms with van der Waals surface area (Å²) in [5.74, 6) is 0. The van der Waals surface area contributed by atoms with E-state index in [1.807, 2.05) is 0 Å². The van der Waals surface area contributed by atoms with Crippen molar-refractivity contribution in [2.75, 3.05) is 0 Å². The summed E-state index contributed by atoms with van der Waals surface area (Å²) in [5, 5.41) is 6.75. The van der Waals surface area contributed by atoms with Crippen LogP contribution < -0.4 is 0 Å². The molecule has 0 aromatic rings. The van der Waals surface area contributed by atoms with Gasteiger partial charge in [0.15, 0.2) is 0 Å². The van der Waals surface area contributed by atoms with Crippen molar-refractivity contribution in [3.63, 3.8) is 0 Å². The predicted octanol–water partition coefficient (Wildman–Crippen LogP) is 0.837. The van der Waals surface area contributed by atoms with E-state index in [2.05, 4.69) is 16.3 Å². The fourth-order valence-electron chi connectivity index (χ4n) is 0. The van der Waals surface area contributed by atoms with Crippen LogP contribution in [0.1, 0.15) is 0 Å². The van der Waals surface area contributed by atoms with E-state index < -0.39 is 0 Å². The molecule has 0 saturated carbocycles. The van der Waals surface area contributed by atoms with E-state index >= 15 is 0 Å². The van der Waals surface area contributed by atoms with Crippen LogP contribution in [0.5, 0.6) is 0 Å². The second kappa shape index (κ2) is 36.4. The molecule has 0 heterocycles. The molecular formula is CH3AuClO-. The molecule has 0 aliphatic heterocycles. The number of aliphatic hydroxyl groups excluding tert-OH is 1. The molecule has 0 fully saturated rings. The van der Waals surface area contributed by atoms with E-state index in [1.54, 1.807) is 20.0 Å². The van der Waals surface area contributed by atoms with Gasteiger partial charge in [0.1, 0.15) is 0 Å². The van der Waals surface area contributed by atoms with Crippen LogP contribution in [-0.2, 0) is 20.0 Å². The van der Waals surface area contributed by atoms with Gasteiger partial charge in [-0.2, -0.15) is 0 Å². The number of hydrogen-bond acceptors (Lipinski definition) is 1. The van der Waals surface area contributed by atoms with Crippen LogP contribution in [-0.4, -0.2) is 5.11 Å². The average Bonchev–Trinajstić information content (AvgIpc) is 1.50. The molecule has 0 unspecified atom stereocenters. The molecule has 0 radical (unpaired) electrons. The SMILES string of the molecule is [CH2-]O.[Cl][Au]. The fourth-order valence-corrected chi connectivity index (χ4v) is 0. The van der Waals surface area contributed by atoms with Crippen LogP contribution in [0.2, 0.25) is 0 Å². The molecule has 1 nitrogen and oxygen atoms in total. The molecule has 0 atom stereocenters. The number of rotatable bonds is 0. The van der Waals surface area contributed by atoms with Gasteiger partial charge in [-0.3, -0.25) is 0 Å². The van der Waals surface area contributed by atoms with Crippen molar-refractivity contribution in [2.45, 2.75) is 0 Å². The van der Waals surface area contributed by atoms with Gasteiger partial charge < -0.3 is 5.11 Å². The maximum atomic E-state index is 6.75. The number of halogens is 1. The summed E-state index contributed by atoms with van der Waals surface area (Å²) in [6, 6.07) is 0. The van der Waals surface area contributed by atoms with E-state index in [1.165, 1.54) is 0 Å². The summed E-state index contributed by atoms with van der Waals surface area (Å²) in [7, 11) is 6.83. The maximum absolute atomic E-state index is 6.75. The molecule has 4 heavy (non-hydrogen) atoms. The van der Waals surface area contributed by atoms with Gasteiger partial charge in [0.2, 0.25) is 0 Å². The van der Waals surface area contributed by atoms with Gasteiger partial charge in [0.05, 0.1) is 0 Å². The molecule has 32 valence electrons. The van der Waals surface area contributed by atoms with Crippen molar-refractivity contribution in [3.8, 4) is 0 Å². The van der Waals surface area contributed by atoms with Crippen LogP contribution in [0.4, 0.5) is 0 Å². The van der Waals surface area contributed by atoms with Crippen molar-refractivity contribution in [2.24, 2.45) is 0 Å². The molecular weight excluding hydrogens is 260 g/mol. The Kier molecular flexibility index (Phi) is 80.8. The van der Waals surface area contributed by atoms with Gasteiger partial charge in [-0.05, 0) is 0 Å². The van der Waals surface area contributed by atoms with Gasteiger partial charge in [-0.25, -0.2) is 7.11 Å². The molecule has 0 aromatic heterocycles. The first kappa shape index (κ1) is 8.89. The average molecular weight is 263 g/mol. The monoisotopic (exact) mass is 263 g/mol. The molecule has 0 spiro atoms. The number of hydrogen-bond donors (Lipinski definition) is 1. The van der Waals surface area contributed by atoms with Crippen molar-refractivity contribution in [1.29, 1.82) is 0 Å². The quantitative estimate of drug-likeness (QED) is 0.507. The van der Waals surface area contributed by atoms with Gasteiger partial charge in [-0.15, -0.1) is 0 Å². The zero-order valence-electron chi connectivity index (χ0n) is 1.83. The van der Waals surface area contributed by atoms with Crippen molar-refractivity contribution < 1.29 is 25.1 Å². The Hall–Kier alpha value is 0.990. The van der Waals surface area contributed by atoms with Crippen LogP contribution in [0.25, 0.3) is 0 Å². The third kappa shape index (κ3) is 12.1. The zero-order valence-corrected chi connectivity index (χ0v) is 4.76. The standard InChI is InChI=1S/CH3O.Au.ClH/c1-2;;/h2H,1H2;;1H/q-1;+1;/p-1. The topological polar surface area (TPSA) is 20.2 Å². The van der Waals surface area contributed by atoms with E-state index in [0.717, 1.165) is 0 Å². The van der Waals surface area contributed by atoms with Crippen LogP contribution in [0.3, 0.4) is 0 Å². The second-order valence-corrected chi connectivity index (χ2v) is 0. The van der Waals surface area contributed by atoms with Gasteiger partial charge in [-0.1, -0.05) is 0 Å². The van der Waals surface area contributed by atoms with E-state index in [4.69, 9.17) is 5.11 Å². The second-order valence-electron chi connectivity index (χ2n) is 0. The van der Waals surface area contributed by atoms with Crippen molar-refractivity contribution in [1.82, 2.24) is 0 Å². The third-order valence-corrected chi connectivity index (χ3v) is 0. The molecule has 3 heteroatoms. The molecule has 0 aliphatic rings. The van der Waals surface area contributed by atoms with E-state index in [9.17, 15) is 0 Å². The minimum absolute atomic E-state index is 1.75. The minimum atomic E-state index is 1.75. The number of aliphatic hydroxyl groups is 1. The molecule has 0 aliphatic carbocycles. The van der Waals surface area contributed by atoms with Crippen LogP contribution >= 0.6 is 9.19 Å². The summed E-state index contributed by atoms with van der Waals surface area (Å²) in [6.07, 6.45) is 0. The first-order valence-corrected chi connectivity index (χ1v) is 3.11. The molecule has 0 rings (SSSR count). The zero-order chi connectivity index (χ0) is 4.00. The molecule has 0 bridgehead atoms. The predicted molar refractivity (Wildman–Crippen MR) is 13.1 cm³/mol. The summed E-state index contributed by atoms with van der Waals surface area (Å²) in [4.78, 5) is 0. The summed E-state index contributed by atoms with van der Waals surface area (Å²) in [5.41, 5.74) is 0. The molecule has 0 amide bonds. The molecule has 0 saturated heterocycles. The molecule has 0 aromatic carbocycles. The van der Waals surface area contributed by atoms with Gasteiger partial charge in [0.25, 0.3) is 0 Å². The Morgan fingerprint density at radius 3 is 1.50 bits per heavy atom. The summed E-state index contributed by atoms with van der Waals surface area (Å²) >= 11 is 1.75. The summed E-state index contributed by atoms with van der Waals surface area (Å²) in [6.45, 7) is 0. The summed E-state index contributed by atoms with van der Waals surface area (Å²) < 4.78 is 0. The first-order chi connectivity index (χ1) is 2.00. The van der Waals surface area contributed by atoms with Crippen molar-refractivity contribution in [3.05, 3.63) is 7.11 Å². The Morgan fingerprint density at radius 2 is 1.50 bits per heavy atom. The Morgan fingerprint density at radius 1 is 1.50 bits per heavy atom. The Balaban J connectivity index is 0. The first-order valence-electron chi connectivity index (χ1n) is 0.430. The van der Waals surface area contributed by atoms with Crippen molar-refractivity contribution >= 4 is 9.19 Å². The fraction of sp³-hybridized carbons (Fsp3) is 0. The Labute approximate surface area is 41.7 Å². The molecule has 1 N–H and O–H groups in total. The third-order valence-electron chi connectivity index (χ3n) is 0. The normalized spacial score (nSPS) is 3.25. The Bertz CT molecular complexity index is 8.00. The van der Waals surface area contributed by atoms with Crippen LogP contribution in [0.15, 0.2) is 0 Å².